The van der Waals surface area contributed by atoms with Crippen molar-refractivity contribution in [2.45, 2.75) is 43.2 Å². The van der Waals surface area contributed by atoms with Gasteiger partial charge in [-0.15, -0.1) is 0 Å². The van der Waals surface area contributed by atoms with Crippen molar-refractivity contribution in [1.82, 2.24) is 19.4 Å². The van der Waals surface area contributed by atoms with Crippen molar-refractivity contribution in [2.24, 2.45) is 0 Å². The Kier molecular flexibility index (Phi) is 4.54. The van der Waals surface area contributed by atoms with E-state index >= 15 is 0 Å². The Morgan fingerprint density at radius 1 is 1.32 bits per heavy atom. The first-order valence-corrected chi connectivity index (χ1v) is 9.36. The first-order chi connectivity index (χ1) is 10.6. The normalized spacial score (nSPS) is 23.5. The second kappa shape index (κ2) is 6.27. The molecule has 7 nitrogen and oxygen atoms in total. The summed E-state index contributed by atoms with van der Waals surface area (Å²) >= 11 is 0. The van der Waals surface area contributed by atoms with Gasteiger partial charge in [0.1, 0.15) is 4.90 Å². The van der Waals surface area contributed by atoms with Crippen LogP contribution in [0.1, 0.15) is 26.2 Å². The van der Waals surface area contributed by atoms with Gasteiger partial charge in [-0.05, 0) is 32.7 Å². The number of hydrogen-bond donors (Lipinski definition) is 1. The Hall–Kier alpha value is -0.960. The SMILES string of the molecule is CCn1cc(S(=O)(=O)N2CCNCCC23CCOCC3)cn1. The minimum Gasteiger partial charge on any atom is -0.381 e. The topological polar surface area (TPSA) is 76.5 Å². The number of nitrogens with zero attached hydrogens (tertiary/aromatic N) is 3. The molecule has 1 spiro atoms. The molecule has 22 heavy (non-hydrogen) atoms. The summed E-state index contributed by atoms with van der Waals surface area (Å²) in [5, 5.41) is 7.44. The second-order valence-corrected chi connectivity index (χ2v) is 7.81. The molecule has 2 saturated heterocycles. The summed E-state index contributed by atoms with van der Waals surface area (Å²) in [6, 6.07) is 0. The molecule has 8 heteroatoms. The molecule has 1 aromatic rings. The van der Waals surface area contributed by atoms with Crippen molar-refractivity contribution in [3.05, 3.63) is 12.4 Å². The van der Waals surface area contributed by atoms with Crippen molar-refractivity contribution < 1.29 is 13.2 Å². The minimum absolute atomic E-state index is 0.294. The van der Waals surface area contributed by atoms with Crippen molar-refractivity contribution in [3.8, 4) is 0 Å². The maximum Gasteiger partial charge on any atom is 0.246 e. The molecule has 1 N–H and O–H groups in total. The van der Waals surface area contributed by atoms with Crippen LogP contribution < -0.4 is 5.32 Å². The van der Waals surface area contributed by atoms with Gasteiger partial charge in [0.25, 0.3) is 0 Å². The smallest absolute Gasteiger partial charge is 0.246 e. The average molecular weight is 328 g/mol. The van der Waals surface area contributed by atoms with Gasteiger partial charge in [-0.3, -0.25) is 4.68 Å². The van der Waals surface area contributed by atoms with Gasteiger partial charge in [0.05, 0.1) is 6.20 Å². The van der Waals surface area contributed by atoms with Crippen LogP contribution >= 0.6 is 0 Å². The number of sulfonamides is 1. The Balaban J connectivity index is 1.97. The standard InChI is InChI=1S/C14H24N4O3S/c1-2-17-12-13(11-16-17)22(19,20)18-8-7-15-6-3-14(18)4-9-21-10-5-14/h11-12,15H,2-10H2,1H3. The highest BCUT2D eigenvalue weighted by Gasteiger charge is 2.45. The predicted octanol–water partition coefficient (Wildman–Crippen LogP) is 0.436. The molecule has 2 aliphatic rings. The lowest BCUT2D eigenvalue weighted by atomic mass is 9.87. The Bertz CT molecular complexity index is 607. The zero-order chi connectivity index (χ0) is 15.6. The summed E-state index contributed by atoms with van der Waals surface area (Å²) in [6.45, 7) is 5.89. The third-order valence-corrected chi connectivity index (χ3v) is 6.69. The molecule has 0 atom stereocenters. The zero-order valence-corrected chi connectivity index (χ0v) is 13.8. The maximum absolute atomic E-state index is 13.1. The van der Waals surface area contributed by atoms with E-state index in [-0.39, 0.29) is 5.54 Å². The van der Waals surface area contributed by atoms with Gasteiger partial charge < -0.3 is 10.1 Å². The molecule has 3 heterocycles. The quantitative estimate of drug-likeness (QED) is 0.871. The number of hydrogen-bond acceptors (Lipinski definition) is 5. The zero-order valence-electron chi connectivity index (χ0n) is 13.0. The van der Waals surface area contributed by atoms with E-state index in [0.717, 1.165) is 25.8 Å². The molecule has 0 bridgehead atoms. The highest BCUT2D eigenvalue weighted by atomic mass is 32.2. The summed E-state index contributed by atoms with van der Waals surface area (Å²) in [6.07, 6.45) is 5.44. The highest BCUT2D eigenvalue weighted by molar-refractivity contribution is 7.89. The molecule has 0 aromatic carbocycles. The van der Waals surface area contributed by atoms with Crippen molar-refractivity contribution in [2.75, 3.05) is 32.8 Å². The van der Waals surface area contributed by atoms with Gasteiger partial charge in [-0.25, -0.2) is 8.42 Å². The monoisotopic (exact) mass is 328 g/mol. The molecule has 3 rings (SSSR count). The number of nitrogens with one attached hydrogen (secondary N) is 1. The van der Waals surface area contributed by atoms with E-state index in [4.69, 9.17) is 4.74 Å². The van der Waals surface area contributed by atoms with Crippen LogP contribution in [-0.4, -0.2) is 60.9 Å². The fourth-order valence-electron chi connectivity index (χ4n) is 3.39. The largest absolute Gasteiger partial charge is 0.381 e. The van der Waals surface area contributed by atoms with Gasteiger partial charge in [0.2, 0.25) is 10.0 Å². The Labute approximate surface area is 131 Å². The molecule has 124 valence electrons. The highest BCUT2D eigenvalue weighted by Crippen LogP contribution is 2.36. The summed E-state index contributed by atoms with van der Waals surface area (Å²) in [7, 11) is -3.53. The molecule has 0 unspecified atom stereocenters. The van der Waals surface area contributed by atoms with E-state index in [0.29, 0.717) is 37.7 Å². The van der Waals surface area contributed by atoms with E-state index in [9.17, 15) is 8.42 Å². The molecule has 0 radical (unpaired) electrons. The van der Waals surface area contributed by atoms with Crippen LogP contribution in [0.3, 0.4) is 0 Å². The average Bonchev–Trinajstić information content (AvgIpc) is 2.93. The maximum atomic E-state index is 13.1. The van der Waals surface area contributed by atoms with Crippen LogP contribution in [-0.2, 0) is 21.3 Å². The van der Waals surface area contributed by atoms with Crippen LogP contribution in [0.15, 0.2) is 17.3 Å². The van der Waals surface area contributed by atoms with Gasteiger partial charge in [-0.1, -0.05) is 0 Å². The fourth-order valence-corrected chi connectivity index (χ4v) is 5.20. The predicted molar refractivity (Wildman–Crippen MR) is 82.1 cm³/mol. The first-order valence-electron chi connectivity index (χ1n) is 7.92. The third kappa shape index (κ3) is 2.80. The molecule has 0 amide bonds. The fraction of sp³-hybridized carbons (Fsp3) is 0.786. The molecule has 2 aliphatic heterocycles. The van der Waals surface area contributed by atoms with Gasteiger partial charge in [0.15, 0.2) is 0 Å². The first kappa shape index (κ1) is 15.9. The number of rotatable bonds is 3. The van der Waals surface area contributed by atoms with Crippen LogP contribution in [0, 0.1) is 0 Å². The van der Waals surface area contributed by atoms with Crippen molar-refractivity contribution >= 4 is 10.0 Å². The van der Waals surface area contributed by atoms with E-state index in [1.54, 1.807) is 15.2 Å². The molecule has 0 saturated carbocycles. The van der Waals surface area contributed by atoms with Gasteiger partial charge >= 0.3 is 0 Å². The Morgan fingerprint density at radius 2 is 2.09 bits per heavy atom. The lowest BCUT2D eigenvalue weighted by Crippen LogP contribution is -2.54. The summed E-state index contributed by atoms with van der Waals surface area (Å²) in [5.74, 6) is 0. The third-order valence-electron chi connectivity index (χ3n) is 4.73. The molecule has 1 aromatic heterocycles. The molecule has 2 fully saturated rings. The number of aryl methyl sites for hydroxylation is 1. The van der Waals surface area contributed by atoms with E-state index < -0.39 is 10.0 Å². The van der Waals surface area contributed by atoms with Gasteiger partial charge in [-0.2, -0.15) is 9.40 Å². The summed E-state index contributed by atoms with van der Waals surface area (Å²) in [5.41, 5.74) is -0.325. The number of aromatic nitrogens is 2. The number of ether oxygens (including phenoxy) is 1. The van der Waals surface area contributed by atoms with Crippen LogP contribution in [0.4, 0.5) is 0 Å². The van der Waals surface area contributed by atoms with Crippen molar-refractivity contribution in [1.29, 1.82) is 0 Å². The van der Waals surface area contributed by atoms with Crippen LogP contribution in [0.25, 0.3) is 0 Å². The van der Waals surface area contributed by atoms with E-state index in [1.165, 1.54) is 6.20 Å². The van der Waals surface area contributed by atoms with Gasteiger partial charge in [0, 0.05) is 44.6 Å². The van der Waals surface area contributed by atoms with Crippen LogP contribution in [0.2, 0.25) is 0 Å². The molecule has 0 aliphatic carbocycles. The minimum atomic E-state index is -3.53. The van der Waals surface area contributed by atoms with Crippen LogP contribution in [0.5, 0.6) is 0 Å². The lowest BCUT2D eigenvalue weighted by Gasteiger charge is -2.44. The van der Waals surface area contributed by atoms with E-state index in [2.05, 4.69) is 10.4 Å². The summed E-state index contributed by atoms with van der Waals surface area (Å²) in [4.78, 5) is 0.294. The van der Waals surface area contributed by atoms with E-state index in [1.807, 2.05) is 6.92 Å². The van der Waals surface area contributed by atoms with Crippen molar-refractivity contribution in [3.63, 3.8) is 0 Å². The Morgan fingerprint density at radius 3 is 2.77 bits per heavy atom. The summed E-state index contributed by atoms with van der Waals surface area (Å²) < 4.78 is 35.1. The molecular weight excluding hydrogens is 304 g/mol. The second-order valence-electron chi connectivity index (χ2n) is 5.95. The lowest BCUT2D eigenvalue weighted by molar-refractivity contribution is 0.00634. The molecular formula is C14H24N4O3S.